The van der Waals surface area contributed by atoms with Crippen molar-refractivity contribution in [2.45, 2.75) is 33.3 Å². The topological polar surface area (TPSA) is 67.9 Å². The Labute approximate surface area is 102 Å². The number of ether oxygens (including phenoxy) is 1. The van der Waals surface area contributed by atoms with Gasteiger partial charge in [0.1, 0.15) is 5.60 Å². The first-order valence-corrected chi connectivity index (χ1v) is 5.46. The minimum atomic E-state index is -0.541. The van der Waals surface area contributed by atoms with Crippen molar-refractivity contribution >= 4 is 12.0 Å². The molecule has 0 aliphatic carbocycles. The first-order chi connectivity index (χ1) is 7.67. The maximum atomic E-state index is 11.6. The second kappa shape index (κ2) is 6.44. The summed E-state index contributed by atoms with van der Waals surface area (Å²) in [5.74, 6) is -0.573. The van der Waals surface area contributed by atoms with E-state index >= 15 is 0 Å². The highest BCUT2D eigenvalue weighted by atomic mass is 16.7. The fourth-order valence-corrected chi connectivity index (χ4v) is 1.04. The summed E-state index contributed by atoms with van der Waals surface area (Å²) < 4.78 is 5.05. The number of nitrogens with zero attached hydrogens (tertiary/aromatic N) is 1. The minimum Gasteiger partial charge on any atom is -0.444 e. The Morgan fingerprint density at radius 1 is 1.35 bits per heavy atom. The molecule has 0 aliphatic heterocycles. The lowest BCUT2D eigenvalue weighted by Crippen LogP contribution is -2.40. The Morgan fingerprint density at radius 3 is 2.29 bits per heavy atom. The summed E-state index contributed by atoms with van der Waals surface area (Å²) in [6.07, 6.45) is -0.530. The Hall–Kier alpha value is -1.30. The van der Waals surface area contributed by atoms with E-state index in [0.29, 0.717) is 0 Å². The van der Waals surface area contributed by atoms with Crippen LogP contribution >= 0.6 is 0 Å². The van der Waals surface area contributed by atoms with Gasteiger partial charge >= 0.3 is 6.09 Å². The highest BCUT2D eigenvalue weighted by molar-refractivity contribution is 5.78. The van der Waals surface area contributed by atoms with E-state index < -0.39 is 11.7 Å². The van der Waals surface area contributed by atoms with E-state index in [9.17, 15) is 9.59 Å². The van der Waals surface area contributed by atoms with E-state index in [1.807, 2.05) is 0 Å². The first-order valence-electron chi connectivity index (χ1n) is 5.46. The number of carbonyl (C=O) groups is 2. The molecule has 0 aromatic carbocycles. The van der Waals surface area contributed by atoms with Gasteiger partial charge in [-0.1, -0.05) is 6.92 Å². The number of rotatable bonds is 4. The SMILES string of the molecule is CON(C)C(=O)C(C)CNC(=O)OC(C)(C)C. The number of amides is 2. The van der Waals surface area contributed by atoms with Crippen LogP contribution in [0.25, 0.3) is 0 Å². The number of hydroxylamine groups is 2. The third-order valence-corrected chi connectivity index (χ3v) is 1.96. The number of nitrogens with one attached hydrogen (secondary N) is 1. The standard InChI is InChI=1S/C11H22N2O4/c1-8(9(14)13(5)16-6)7-12-10(15)17-11(2,3)4/h8H,7H2,1-6H3,(H,12,15). The van der Waals surface area contributed by atoms with Crippen molar-refractivity contribution < 1.29 is 19.2 Å². The molecule has 0 bridgehead atoms. The van der Waals surface area contributed by atoms with Gasteiger partial charge in [-0.3, -0.25) is 9.63 Å². The van der Waals surface area contributed by atoms with Gasteiger partial charge < -0.3 is 10.1 Å². The molecule has 2 amide bonds. The van der Waals surface area contributed by atoms with Crippen LogP contribution in [0, 0.1) is 5.92 Å². The maximum Gasteiger partial charge on any atom is 0.407 e. The van der Waals surface area contributed by atoms with Gasteiger partial charge in [0.15, 0.2) is 0 Å². The molecule has 6 heteroatoms. The molecule has 0 aromatic rings. The first kappa shape index (κ1) is 15.7. The third kappa shape index (κ3) is 6.78. The molecule has 1 N–H and O–H groups in total. The van der Waals surface area contributed by atoms with Gasteiger partial charge in [-0.25, -0.2) is 9.86 Å². The van der Waals surface area contributed by atoms with E-state index in [1.54, 1.807) is 27.7 Å². The Bertz CT molecular complexity index is 273. The largest absolute Gasteiger partial charge is 0.444 e. The molecular formula is C11H22N2O4. The molecule has 0 saturated carbocycles. The van der Waals surface area contributed by atoms with Crippen LogP contribution in [0.4, 0.5) is 4.79 Å². The van der Waals surface area contributed by atoms with Crippen molar-refractivity contribution in [2.24, 2.45) is 5.92 Å². The van der Waals surface area contributed by atoms with Gasteiger partial charge in [-0.15, -0.1) is 0 Å². The second-order valence-electron chi connectivity index (χ2n) is 4.80. The lowest BCUT2D eigenvalue weighted by molar-refractivity contribution is -0.172. The highest BCUT2D eigenvalue weighted by Crippen LogP contribution is 2.07. The van der Waals surface area contributed by atoms with Crippen molar-refractivity contribution in [2.75, 3.05) is 20.7 Å². The Balaban J connectivity index is 4.04. The fourth-order valence-electron chi connectivity index (χ4n) is 1.04. The van der Waals surface area contributed by atoms with E-state index in [-0.39, 0.29) is 18.4 Å². The summed E-state index contributed by atoms with van der Waals surface area (Å²) in [5, 5.41) is 3.66. The van der Waals surface area contributed by atoms with Gasteiger partial charge in [0.25, 0.3) is 0 Å². The highest BCUT2D eigenvalue weighted by Gasteiger charge is 2.20. The predicted molar refractivity (Wildman–Crippen MR) is 63.2 cm³/mol. The zero-order chi connectivity index (χ0) is 13.6. The van der Waals surface area contributed by atoms with E-state index in [0.717, 1.165) is 5.06 Å². The minimum absolute atomic E-state index is 0.205. The van der Waals surface area contributed by atoms with Crippen molar-refractivity contribution in [3.8, 4) is 0 Å². The number of carbonyl (C=O) groups excluding carboxylic acids is 2. The molecule has 0 saturated heterocycles. The van der Waals surface area contributed by atoms with Crippen LogP contribution in [0.2, 0.25) is 0 Å². The average molecular weight is 246 g/mol. The normalized spacial score (nSPS) is 12.8. The molecule has 17 heavy (non-hydrogen) atoms. The van der Waals surface area contributed by atoms with E-state index in [2.05, 4.69) is 5.32 Å². The van der Waals surface area contributed by atoms with Crippen LogP contribution in [-0.4, -0.2) is 43.4 Å². The molecule has 1 atom stereocenters. The van der Waals surface area contributed by atoms with Crippen molar-refractivity contribution in [3.63, 3.8) is 0 Å². The van der Waals surface area contributed by atoms with Crippen LogP contribution in [0.5, 0.6) is 0 Å². The summed E-state index contributed by atoms with van der Waals surface area (Å²) >= 11 is 0. The zero-order valence-electron chi connectivity index (χ0n) is 11.4. The number of alkyl carbamates (subject to hydrolysis) is 1. The molecule has 0 aliphatic rings. The van der Waals surface area contributed by atoms with Crippen LogP contribution in [0.1, 0.15) is 27.7 Å². The average Bonchev–Trinajstić information content (AvgIpc) is 2.21. The summed E-state index contributed by atoms with van der Waals surface area (Å²) in [6.45, 7) is 7.25. The monoisotopic (exact) mass is 246 g/mol. The molecule has 0 aromatic heterocycles. The Kier molecular flexibility index (Phi) is 5.95. The Morgan fingerprint density at radius 2 is 1.88 bits per heavy atom. The lowest BCUT2D eigenvalue weighted by Gasteiger charge is -2.22. The smallest absolute Gasteiger partial charge is 0.407 e. The van der Waals surface area contributed by atoms with E-state index in [4.69, 9.17) is 9.57 Å². The van der Waals surface area contributed by atoms with Crippen molar-refractivity contribution in [3.05, 3.63) is 0 Å². The summed E-state index contributed by atoms with van der Waals surface area (Å²) in [4.78, 5) is 27.7. The van der Waals surface area contributed by atoms with Crippen LogP contribution < -0.4 is 5.32 Å². The molecule has 0 rings (SSSR count). The molecule has 0 spiro atoms. The fraction of sp³-hybridized carbons (Fsp3) is 0.818. The quantitative estimate of drug-likeness (QED) is 0.756. The van der Waals surface area contributed by atoms with Gasteiger partial charge in [0.05, 0.1) is 13.0 Å². The van der Waals surface area contributed by atoms with Crippen LogP contribution in [-0.2, 0) is 14.4 Å². The summed E-state index contributed by atoms with van der Waals surface area (Å²) in [6, 6.07) is 0. The van der Waals surface area contributed by atoms with Crippen molar-refractivity contribution in [1.29, 1.82) is 0 Å². The van der Waals surface area contributed by atoms with Crippen LogP contribution in [0.15, 0.2) is 0 Å². The predicted octanol–water partition coefficient (Wildman–Crippen LogP) is 1.17. The van der Waals surface area contributed by atoms with Gasteiger partial charge in [-0.05, 0) is 20.8 Å². The number of hydrogen-bond donors (Lipinski definition) is 1. The number of hydrogen-bond acceptors (Lipinski definition) is 4. The van der Waals surface area contributed by atoms with Gasteiger partial charge in [0.2, 0.25) is 5.91 Å². The molecule has 0 heterocycles. The summed E-state index contributed by atoms with van der Waals surface area (Å²) in [7, 11) is 2.93. The van der Waals surface area contributed by atoms with Crippen LogP contribution in [0.3, 0.4) is 0 Å². The molecular weight excluding hydrogens is 224 g/mol. The zero-order valence-corrected chi connectivity index (χ0v) is 11.4. The third-order valence-electron chi connectivity index (χ3n) is 1.96. The summed E-state index contributed by atoms with van der Waals surface area (Å²) in [5.41, 5.74) is -0.541. The maximum absolute atomic E-state index is 11.6. The second-order valence-corrected chi connectivity index (χ2v) is 4.80. The molecule has 0 radical (unpaired) electrons. The van der Waals surface area contributed by atoms with Gasteiger partial charge in [-0.2, -0.15) is 0 Å². The molecule has 100 valence electrons. The molecule has 0 fully saturated rings. The lowest BCUT2D eigenvalue weighted by atomic mass is 10.1. The molecule has 1 unspecified atom stereocenters. The van der Waals surface area contributed by atoms with E-state index in [1.165, 1.54) is 14.2 Å². The molecule has 6 nitrogen and oxygen atoms in total. The van der Waals surface area contributed by atoms with Gasteiger partial charge in [0, 0.05) is 13.6 Å². The van der Waals surface area contributed by atoms with Crippen molar-refractivity contribution in [1.82, 2.24) is 10.4 Å².